The summed E-state index contributed by atoms with van der Waals surface area (Å²) < 4.78 is 0. The van der Waals surface area contributed by atoms with Crippen LogP contribution in [0.25, 0.3) is 6.58 Å². The summed E-state index contributed by atoms with van der Waals surface area (Å²) >= 11 is 0. The number of hydrogen-bond acceptors (Lipinski definition) is 0. The Morgan fingerprint density at radius 1 is 1.20 bits per heavy atom. The van der Waals surface area contributed by atoms with Crippen LogP contribution in [-0.2, 0) is 0 Å². The van der Waals surface area contributed by atoms with E-state index in [2.05, 4.69) is 37.9 Å². The van der Waals surface area contributed by atoms with Crippen molar-refractivity contribution in [1.29, 1.82) is 0 Å². The second-order valence-corrected chi connectivity index (χ2v) is 5.20. The molecule has 0 spiro atoms. The van der Waals surface area contributed by atoms with E-state index in [1.165, 1.54) is 10.0 Å². The molecule has 0 unspecified atom stereocenters. The SMILES string of the molecule is C=c1ccccc1=[Si](C)C. The van der Waals surface area contributed by atoms with Crippen LogP contribution >= 0.6 is 0 Å². The molecule has 0 fully saturated rings. The van der Waals surface area contributed by atoms with Gasteiger partial charge < -0.3 is 0 Å². The zero-order chi connectivity index (χ0) is 7.56. The van der Waals surface area contributed by atoms with Crippen molar-refractivity contribution in [2.45, 2.75) is 13.1 Å². The first kappa shape index (κ1) is 7.41. The third-order valence-corrected chi connectivity index (χ3v) is 3.12. The van der Waals surface area contributed by atoms with Crippen LogP contribution in [0.15, 0.2) is 24.3 Å². The predicted molar refractivity (Wildman–Crippen MR) is 47.9 cm³/mol. The molecule has 0 atom stereocenters. The molecule has 1 rings (SSSR count). The van der Waals surface area contributed by atoms with Gasteiger partial charge in [0.05, 0.1) is 0 Å². The Morgan fingerprint density at radius 3 is 2.20 bits per heavy atom. The van der Waals surface area contributed by atoms with Crippen LogP contribution in [0.1, 0.15) is 0 Å². The Bertz CT molecular complexity index is 321. The van der Waals surface area contributed by atoms with E-state index < -0.39 is 0 Å². The smallest absolute Gasteiger partial charge is 0.0135 e. The highest BCUT2D eigenvalue weighted by Crippen LogP contribution is 1.81. The quantitative estimate of drug-likeness (QED) is 0.491. The fraction of sp³-hybridized carbons (Fsp3) is 0.222. The van der Waals surface area contributed by atoms with E-state index >= 15 is 0 Å². The van der Waals surface area contributed by atoms with E-state index in [-0.39, 0.29) is 8.41 Å². The molecule has 52 valence electrons. The summed E-state index contributed by atoms with van der Waals surface area (Å²) in [5.74, 6) is 0. The van der Waals surface area contributed by atoms with Crippen LogP contribution in [0, 0.1) is 4.81 Å². The molecule has 10 heavy (non-hydrogen) atoms. The molecule has 0 nitrogen and oxygen atoms in total. The normalized spacial score (nSPS) is 9.40. The first-order valence-corrected chi connectivity index (χ1v) is 5.93. The molecule has 0 amide bonds. The zero-order valence-corrected chi connectivity index (χ0v) is 7.52. The minimum absolute atomic E-state index is 0.305. The molecule has 0 N–H and O–H groups in total. The van der Waals surface area contributed by atoms with Gasteiger partial charge in [0, 0.05) is 8.41 Å². The van der Waals surface area contributed by atoms with E-state index in [0.29, 0.717) is 0 Å². The summed E-state index contributed by atoms with van der Waals surface area (Å²) in [6, 6.07) is 8.38. The molecule has 0 bridgehead atoms. The molecule has 0 radical (unpaired) electrons. The number of hydrogen-bond donors (Lipinski definition) is 0. The Balaban J connectivity index is 3.60. The minimum Gasteiger partial charge on any atom is -0.0916 e. The van der Waals surface area contributed by atoms with Gasteiger partial charge >= 0.3 is 0 Å². The van der Waals surface area contributed by atoms with E-state index in [4.69, 9.17) is 0 Å². The van der Waals surface area contributed by atoms with E-state index in [0.717, 1.165) is 0 Å². The van der Waals surface area contributed by atoms with Gasteiger partial charge in [0.1, 0.15) is 0 Å². The van der Waals surface area contributed by atoms with Crippen LogP contribution in [0.4, 0.5) is 0 Å². The van der Waals surface area contributed by atoms with Crippen LogP contribution in [0.2, 0.25) is 13.1 Å². The summed E-state index contributed by atoms with van der Waals surface area (Å²) in [6.45, 7) is 8.54. The third-order valence-electron chi connectivity index (χ3n) is 1.56. The van der Waals surface area contributed by atoms with Crippen molar-refractivity contribution in [1.82, 2.24) is 0 Å². The van der Waals surface area contributed by atoms with Gasteiger partial charge in [-0.1, -0.05) is 43.9 Å². The maximum atomic E-state index is 3.97. The molecule has 1 heteroatoms. The van der Waals surface area contributed by atoms with Crippen molar-refractivity contribution >= 4 is 15.0 Å². The zero-order valence-electron chi connectivity index (χ0n) is 6.52. The fourth-order valence-corrected chi connectivity index (χ4v) is 2.16. The van der Waals surface area contributed by atoms with Crippen molar-refractivity contribution in [3.8, 4) is 0 Å². The third kappa shape index (κ3) is 1.42. The van der Waals surface area contributed by atoms with Crippen molar-refractivity contribution in [3.63, 3.8) is 0 Å². The standard InChI is InChI=1S/C9H12Si/c1-8-6-4-5-7-9(8)10(2)3/h4-7H,1H2,2-3H3. The first-order valence-electron chi connectivity index (χ1n) is 3.43. The molecule has 0 saturated heterocycles. The highest BCUT2D eigenvalue weighted by molar-refractivity contribution is 6.47. The lowest BCUT2D eigenvalue weighted by atomic mass is 10.3. The summed E-state index contributed by atoms with van der Waals surface area (Å²) in [4.78, 5) is 1.45. The molecular weight excluding hydrogens is 136 g/mol. The van der Waals surface area contributed by atoms with E-state index in [1.807, 2.05) is 6.07 Å². The lowest BCUT2D eigenvalue weighted by molar-refractivity contribution is 1.57. The van der Waals surface area contributed by atoms with Gasteiger partial charge in [0.25, 0.3) is 0 Å². The maximum Gasteiger partial charge on any atom is 0.0135 e. The Morgan fingerprint density at radius 2 is 1.80 bits per heavy atom. The number of rotatable bonds is 0. The van der Waals surface area contributed by atoms with E-state index in [1.54, 1.807) is 0 Å². The average Bonchev–Trinajstić information content (AvgIpc) is 1.88. The largest absolute Gasteiger partial charge is 0.0916 e. The molecule has 0 aliphatic carbocycles. The summed E-state index contributed by atoms with van der Waals surface area (Å²) in [5.41, 5.74) is 0. The highest BCUT2D eigenvalue weighted by Gasteiger charge is 1.82. The van der Waals surface area contributed by atoms with Crippen molar-refractivity contribution in [3.05, 3.63) is 34.3 Å². The topological polar surface area (TPSA) is 0 Å². The van der Waals surface area contributed by atoms with Gasteiger partial charge in [-0.25, -0.2) is 0 Å². The summed E-state index contributed by atoms with van der Waals surface area (Å²) in [7, 11) is -0.305. The van der Waals surface area contributed by atoms with Gasteiger partial charge in [0.15, 0.2) is 0 Å². The molecule has 0 aliphatic heterocycles. The highest BCUT2D eigenvalue weighted by atomic mass is 28.2. The van der Waals surface area contributed by atoms with Crippen LogP contribution in [0.5, 0.6) is 0 Å². The van der Waals surface area contributed by atoms with Crippen molar-refractivity contribution in [2.75, 3.05) is 0 Å². The lowest BCUT2D eigenvalue weighted by Crippen LogP contribution is -2.04. The van der Waals surface area contributed by atoms with E-state index in [9.17, 15) is 0 Å². The first-order chi connectivity index (χ1) is 4.72. The molecule has 1 aromatic rings. The average molecular weight is 148 g/mol. The van der Waals surface area contributed by atoms with Gasteiger partial charge in [-0.2, -0.15) is 0 Å². The summed E-state index contributed by atoms with van der Waals surface area (Å²) in [5, 5.41) is 1.20. The van der Waals surface area contributed by atoms with Gasteiger partial charge in [0.2, 0.25) is 0 Å². The Labute approximate surface area is 63.1 Å². The van der Waals surface area contributed by atoms with Crippen molar-refractivity contribution in [2.24, 2.45) is 0 Å². The Kier molecular flexibility index (Phi) is 2.17. The molecule has 0 aliphatic rings. The van der Waals surface area contributed by atoms with Crippen molar-refractivity contribution < 1.29 is 0 Å². The molecule has 0 heterocycles. The molecular formula is C9H12Si. The second kappa shape index (κ2) is 2.93. The maximum absolute atomic E-state index is 3.97. The van der Waals surface area contributed by atoms with Crippen LogP contribution in [-0.4, -0.2) is 8.41 Å². The fourth-order valence-electron chi connectivity index (χ4n) is 1.01. The molecule has 0 aromatic heterocycles. The monoisotopic (exact) mass is 148 g/mol. The lowest BCUT2D eigenvalue weighted by Gasteiger charge is -1.89. The van der Waals surface area contributed by atoms with Crippen LogP contribution < -0.4 is 5.22 Å². The number of benzene rings is 1. The molecule has 0 saturated carbocycles. The Hall–Kier alpha value is -0.693. The van der Waals surface area contributed by atoms with Gasteiger partial charge in [-0.05, 0) is 10.0 Å². The molecule has 1 aromatic carbocycles. The second-order valence-electron chi connectivity index (χ2n) is 2.66. The summed E-state index contributed by atoms with van der Waals surface area (Å²) in [6.07, 6.45) is 0. The predicted octanol–water partition coefficient (Wildman–Crippen LogP) is 1.68. The minimum atomic E-state index is -0.305. The van der Waals surface area contributed by atoms with Gasteiger partial charge in [-0.15, -0.1) is 0 Å². The van der Waals surface area contributed by atoms with Gasteiger partial charge in [-0.3, -0.25) is 0 Å². The van der Waals surface area contributed by atoms with Crippen LogP contribution in [0.3, 0.4) is 0 Å².